The Morgan fingerprint density at radius 1 is 1.40 bits per heavy atom. The lowest BCUT2D eigenvalue weighted by Crippen LogP contribution is -2.46. The molecule has 2 atom stereocenters. The molecular formula is C7H13NO2. The summed E-state index contributed by atoms with van der Waals surface area (Å²) in [5.74, 6) is 0.600. The fourth-order valence-corrected chi connectivity index (χ4v) is 1.62. The summed E-state index contributed by atoms with van der Waals surface area (Å²) in [5.41, 5.74) is 0. The third kappa shape index (κ3) is 1.17. The average molecular weight is 143 g/mol. The van der Waals surface area contributed by atoms with Crippen molar-refractivity contribution >= 4 is 0 Å². The van der Waals surface area contributed by atoms with Crippen LogP contribution in [0.25, 0.3) is 0 Å². The molecule has 1 N–H and O–H groups in total. The van der Waals surface area contributed by atoms with Crippen LogP contribution in [0, 0.1) is 5.92 Å². The molecule has 0 aromatic heterocycles. The summed E-state index contributed by atoms with van der Waals surface area (Å²) in [6, 6.07) is 0. The van der Waals surface area contributed by atoms with E-state index < -0.39 is 0 Å². The second-order valence-electron chi connectivity index (χ2n) is 2.95. The fraction of sp³-hybridized carbons (Fsp3) is 1.00. The molecule has 3 heteroatoms. The number of rotatable bonds is 0. The van der Waals surface area contributed by atoms with E-state index in [1.165, 1.54) is 0 Å². The highest BCUT2D eigenvalue weighted by atomic mass is 16.7. The molecule has 0 saturated carbocycles. The van der Waals surface area contributed by atoms with Gasteiger partial charge >= 0.3 is 0 Å². The van der Waals surface area contributed by atoms with Gasteiger partial charge in [-0.25, -0.2) is 0 Å². The Morgan fingerprint density at radius 3 is 3.30 bits per heavy atom. The topological polar surface area (TPSA) is 30.5 Å². The maximum Gasteiger partial charge on any atom is 0.147 e. The number of hydrogen-bond donors (Lipinski definition) is 1. The second-order valence-corrected chi connectivity index (χ2v) is 2.95. The van der Waals surface area contributed by atoms with E-state index in [1.807, 2.05) is 0 Å². The lowest BCUT2D eigenvalue weighted by atomic mass is 9.96. The molecule has 0 aliphatic carbocycles. The molecule has 58 valence electrons. The highest BCUT2D eigenvalue weighted by Gasteiger charge is 2.28. The molecule has 2 saturated heterocycles. The van der Waals surface area contributed by atoms with E-state index in [9.17, 15) is 0 Å². The first kappa shape index (κ1) is 6.58. The third-order valence-corrected chi connectivity index (χ3v) is 2.24. The maximum atomic E-state index is 5.42. The minimum Gasteiger partial charge on any atom is -0.355 e. The predicted molar refractivity (Wildman–Crippen MR) is 36.7 cm³/mol. The Hall–Kier alpha value is -0.120. The fourth-order valence-electron chi connectivity index (χ4n) is 1.62. The van der Waals surface area contributed by atoms with Crippen molar-refractivity contribution in [1.29, 1.82) is 0 Å². The van der Waals surface area contributed by atoms with Crippen LogP contribution in [0.1, 0.15) is 6.42 Å². The normalized spacial score (nSPS) is 40.8. The first-order valence-corrected chi connectivity index (χ1v) is 3.87. The van der Waals surface area contributed by atoms with Crippen LogP contribution in [0.5, 0.6) is 0 Å². The van der Waals surface area contributed by atoms with Crippen molar-refractivity contribution in [3.8, 4) is 0 Å². The van der Waals surface area contributed by atoms with Gasteiger partial charge in [0.1, 0.15) is 6.79 Å². The van der Waals surface area contributed by atoms with Gasteiger partial charge in [0.25, 0.3) is 0 Å². The zero-order valence-electron chi connectivity index (χ0n) is 6.01. The van der Waals surface area contributed by atoms with Crippen LogP contribution < -0.4 is 5.32 Å². The van der Waals surface area contributed by atoms with Crippen LogP contribution in [0.3, 0.4) is 0 Å². The summed E-state index contributed by atoms with van der Waals surface area (Å²) >= 11 is 0. The molecule has 0 aromatic carbocycles. The Kier molecular flexibility index (Phi) is 1.88. The van der Waals surface area contributed by atoms with E-state index in [2.05, 4.69) is 5.32 Å². The summed E-state index contributed by atoms with van der Waals surface area (Å²) in [6.45, 7) is 3.53. The zero-order valence-corrected chi connectivity index (χ0v) is 6.01. The van der Waals surface area contributed by atoms with E-state index in [4.69, 9.17) is 9.47 Å². The Bertz CT molecular complexity index is 92.2. The molecule has 2 fully saturated rings. The van der Waals surface area contributed by atoms with Gasteiger partial charge < -0.3 is 14.8 Å². The summed E-state index contributed by atoms with van der Waals surface area (Å²) in [7, 11) is 0. The molecule has 10 heavy (non-hydrogen) atoms. The van der Waals surface area contributed by atoms with Gasteiger partial charge in [-0.2, -0.15) is 0 Å². The standard InChI is InChI=1S/C7H13NO2/c1-2-8-3-6-4-9-5-10-7(1)6/h6-8H,1-5H2. The van der Waals surface area contributed by atoms with Crippen molar-refractivity contribution in [2.24, 2.45) is 5.92 Å². The van der Waals surface area contributed by atoms with Gasteiger partial charge in [0.15, 0.2) is 0 Å². The van der Waals surface area contributed by atoms with Crippen molar-refractivity contribution in [3.05, 3.63) is 0 Å². The summed E-state index contributed by atoms with van der Waals surface area (Å²) in [6.07, 6.45) is 1.61. The van der Waals surface area contributed by atoms with Crippen molar-refractivity contribution in [1.82, 2.24) is 5.32 Å². The highest BCUT2D eigenvalue weighted by Crippen LogP contribution is 2.19. The quantitative estimate of drug-likeness (QED) is 0.516. The molecule has 0 radical (unpaired) electrons. The van der Waals surface area contributed by atoms with Crippen LogP contribution in [0.2, 0.25) is 0 Å². The minimum atomic E-state index is 0.468. The molecule has 2 rings (SSSR count). The van der Waals surface area contributed by atoms with E-state index in [-0.39, 0.29) is 0 Å². The van der Waals surface area contributed by atoms with Gasteiger partial charge in [-0.05, 0) is 13.0 Å². The molecule has 2 aliphatic heterocycles. The zero-order chi connectivity index (χ0) is 6.81. The van der Waals surface area contributed by atoms with E-state index >= 15 is 0 Å². The second kappa shape index (κ2) is 2.86. The molecule has 2 unspecified atom stereocenters. The SMILES string of the molecule is C1CC2OCOCC2CN1. The van der Waals surface area contributed by atoms with Gasteiger partial charge in [0, 0.05) is 12.5 Å². The van der Waals surface area contributed by atoms with Crippen LogP contribution in [-0.4, -0.2) is 32.6 Å². The summed E-state index contributed by atoms with van der Waals surface area (Å²) in [5, 5.41) is 3.32. The lowest BCUT2D eigenvalue weighted by Gasteiger charge is -2.35. The van der Waals surface area contributed by atoms with Crippen molar-refractivity contribution in [3.63, 3.8) is 0 Å². The van der Waals surface area contributed by atoms with E-state index in [0.717, 1.165) is 26.1 Å². The molecule has 0 aromatic rings. The lowest BCUT2D eigenvalue weighted by molar-refractivity contribution is -0.175. The first-order valence-electron chi connectivity index (χ1n) is 3.87. The van der Waals surface area contributed by atoms with Crippen LogP contribution >= 0.6 is 0 Å². The largest absolute Gasteiger partial charge is 0.355 e. The Labute approximate surface area is 60.7 Å². The Balaban J connectivity index is 1.93. The van der Waals surface area contributed by atoms with E-state index in [0.29, 0.717) is 18.8 Å². The van der Waals surface area contributed by atoms with E-state index in [1.54, 1.807) is 0 Å². The molecular weight excluding hydrogens is 130 g/mol. The predicted octanol–water partition coefficient (Wildman–Crippen LogP) is -0.0312. The van der Waals surface area contributed by atoms with Gasteiger partial charge in [0.05, 0.1) is 12.7 Å². The molecule has 0 amide bonds. The average Bonchev–Trinajstić information content (AvgIpc) is 2.05. The van der Waals surface area contributed by atoms with Crippen LogP contribution in [0.4, 0.5) is 0 Å². The maximum absolute atomic E-state index is 5.42. The Morgan fingerprint density at radius 2 is 2.40 bits per heavy atom. The third-order valence-electron chi connectivity index (χ3n) is 2.24. The molecule has 2 aliphatic rings. The minimum absolute atomic E-state index is 0.468. The smallest absolute Gasteiger partial charge is 0.147 e. The monoisotopic (exact) mass is 143 g/mol. The van der Waals surface area contributed by atoms with Crippen molar-refractivity contribution < 1.29 is 9.47 Å². The van der Waals surface area contributed by atoms with Crippen LogP contribution in [0.15, 0.2) is 0 Å². The number of piperidine rings is 1. The van der Waals surface area contributed by atoms with Crippen molar-refractivity contribution in [2.75, 3.05) is 26.5 Å². The van der Waals surface area contributed by atoms with Gasteiger partial charge in [-0.1, -0.05) is 0 Å². The number of fused-ring (bicyclic) bond motifs is 1. The molecule has 2 heterocycles. The summed E-state index contributed by atoms with van der Waals surface area (Å²) < 4.78 is 10.6. The molecule has 3 nitrogen and oxygen atoms in total. The number of ether oxygens (including phenoxy) is 2. The van der Waals surface area contributed by atoms with Gasteiger partial charge in [0.2, 0.25) is 0 Å². The van der Waals surface area contributed by atoms with Gasteiger partial charge in [-0.3, -0.25) is 0 Å². The van der Waals surface area contributed by atoms with Gasteiger partial charge in [-0.15, -0.1) is 0 Å². The number of hydrogen-bond acceptors (Lipinski definition) is 3. The summed E-state index contributed by atoms with van der Waals surface area (Å²) in [4.78, 5) is 0. The highest BCUT2D eigenvalue weighted by molar-refractivity contribution is 4.79. The molecule has 0 spiro atoms. The first-order chi connectivity index (χ1) is 4.97. The number of nitrogens with one attached hydrogen (secondary N) is 1. The molecule has 0 bridgehead atoms. The van der Waals surface area contributed by atoms with Crippen molar-refractivity contribution in [2.45, 2.75) is 12.5 Å². The van der Waals surface area contributed by atoms with Crippen LogP contribution in [-0.2, 0) is 9.47 Å².